The van der Waals surface area contributed by atoms with E-state index in [1.807, 2.05) is 18.2 Å². The highest BCUT2D eigenvalue weighted by Gasteiger charge is 2.19. The number of fused-ring (bicyclic) bond motifs is 1. The molecule has 1 heterocycles. The average molecular weight is 164 g/mol. The van der Waals surface area contributed by atoms with E-state index >= 15 is 0 Å². The lowest BCUT2D eigenvalue weighted by atomic mass is 10.1. The number of hydrogen-bond donors (Lipinski definition) is 2. The second-order valence-corrected chi connectivity index (χ2v) is 2.94. The van der Waals surface area contributed by atoms with Crippen LogP contribution in [0.4, 0.5) is 5.69 Å². The fourth-order valence-corrected chi connectivity index (χ4v) is 1.57. The molecule has 1 atom stereocenters. The Bertz CT molecular complexity index is 299. The van der Waals surface area contributed by atoms with Gasteiger partial charge in [-0.3, -0.25) is 0 Å². The van der Waals surface area contributed by atoms with Crippen molar-refractivity contribution < 1.29 is 4.74 Å². The van der Waals surface area contributed by atoms with E-state index in [1.165, 1.54) is 5.56 Å². The SMILES string of the molecule is COc1cccc2c1CC(N)N2. The summed E-state index contributed by atoms with van der Waals surface area (Å²) in [5, 5.41) is 3.17. The number of hydrogen-bond acceptors (Lipinski definition) is 3. The van der Waals surface area contributed by atoms with E-state index in [0.717, 1.165) is 17.9 Å². The molecule has 0 radical (unpaired) electrons. The molecule has 3 heteroatoms. The molecule has 1 unspecified atom stereocenters. The lowest BCUT2D eigenvalue weighted by Gasteiger charge is -2.04. The van der Waals surface area contributed by atoms with E-state index in [9.17, 15) is 0 Å². The minimum absolute atomic E-state index is 0.0382. The van der Waals surface area contributed by atoms with E-state index < -0.39 is 0 Å². The molecule has 3 N–H and O–H groups in total. The Kier molecular flexibility index (Phi) is 1.66. The normalized spacial score (nSPS) is 20.0. The Morgan fingerprint density at radius 1 is 1.58 bits per heavy atom. The predicted molar refractivity (Wildman–Crippen MR) is 48.3 cm³/mol. The smallest absolute Gasteiger partial charge is 0.124 e. The van der Waals surface area contributed by atoms with Crippen LogP contribution in [0.2, 0.25) is 0 Å². The first-order valence-electron chi connectivity index (χ1n) is 3.99. The summed E-state index contributed by atoms with van der Waals surface area (Å²) >= 11 is 0. The molecule has 12 heavy (non-hydrogen) atoms. The van der Waals surface area contributed by atoms with Crippen molar-refractivity contribution in [3.63, 3.8) is 0 Å². The van der Waals surface area contributed by atoms with Gasteiger partial charge in [0.2, 0.25) is 0 Å². The van der Waals surface area contributed by atoms with Crippen molar-refractivity contribution in [3.05, 3.63) is 23.8 Å². The summed E-state index contributed by atoms with van der Waals surface area (Å²) in [6, 6.07) is 5.94. The van der Waals surface area contributed by atoms with Crippen LogP contribution in [0.15, 0.2) is 18.2 Å². The summed E-state index contributed by atoms with van der Waals surface area (Å²) in [7, 11) is 1.68. The molecule has 0 spiro atoms. The summed E-state index contributed by atoms with van der Waals surface area (Å²) in [5.41, 5.74) is 8.03. The Morgan fingerprint density at radius 3 is 3.17 bits per heavy atom. The van der Waals surface area contributed by atoms with Gasteiger partial charge in [-0.2, -0.15) is 0 Å². The zero-order chi connectivity index (χ0) is 8.55. The van der Waals surface area contributed by atoms with Gasteiger partial charge >= 0.3 is 0 Å². The minimum Gasteiger partial charge on any atom is -0.496 e. The fourth-order valence-electron chi connectivity index (χ4n) is 1.57. The van der Waals surface area contributed by atoms with Crippen molar-refractivity contribution in [2.75, 3.05) is 12.4 Å². The average Bonchev–Trinajstić information content (AvgIpc) is 2.44. The molecule has 0 amide bonds. The van der Waals surface area contributed by atoms with Crippen molar-refractivity contribution in [2.45, 2.75) is 12.6 Å². The van der Waals surface area contributed by atoms with E-state index in [-0.39, 0.29) is 6.17 Å². The van der Waals surface area contributed by atoms with Crippen LogP contribution in [-0.4, -0.2) is 13.3 Å². The number of nitrogens with one attached hydrogen (secondary N) is 1. The van der Waals surface area contributed by atoms with E-state index in [4.69, 9.17) is 10.5 Å². The maximum absolute atomic E-state index is 5.74. The van der Waals surface area contributed by atoms with Crippen LogP contribution in [-0.2, 0) is 6.42 Å². The summed E-state index contributed by atoms with van der Waals surface area (Å²) in [6.45, 7) is 0. The van der Waals surface area contributed by atoms with Gasteiger partial charge in [0.05, 0.1) is 13.3 Å². The summed E-state index contributed by atoms with van der Waals surface area (Å²) in [5.74, 6) is 0.924. The molecule has 1 aliphatic rings. The molecule has 2 rings (SSSR count). The number of benzene rings is 1. The van der Waals surface area contributed by atoms with Crippen LogP contribution in [0.1, 0.15) is 5.56 Å². The summed E-state index contributed by atoms with van der Waals surface area (Å²) in [4.78, 5) is 0. The quantitative estimate of drug-likeness (QED) is 0.649. The highest BCUT2D eigenvalue weighted by atomic mass is 16.5. The molecular formula is C9H12N2O. The highest BCUT2D eigenvalue weighted by Crippen LogP contribution is 2.31. The van der Waals surface area contributed by atoms with E-state index in [1.54, 1.807) is 7.11 Å². The molecule has 0 saturated heterocycles. The molecule has 1 aromatic rings. The van der Waals surface area contributed by atoms with E-state index in [2.05, 4.69) is 5.32 Å². The third kappa shape index (κ3) is 1.02. The molecular weight excluding hydrogens is 152 g/mol. The van der Waals surface area contributed by atoms with Gasteiger partial charge in [0.15, 0.2) is 0 Å². The lowest BCUT2D eigenvalue weighted by molar-refractivity contribution is 0.410. The van der Waals surface area contributed by atoms with Gasteiger partial charge in [-0.15, -0.1) is 0 Å². The third-order valence-corrected chi connectivity index (χ3v) is 2.12. The number of anilines is 1. The van der Waals surface area contributed by atoms with Crippen LogP contribution < -0.4 is 15.8 Å². The van der Waals surface area contributed by atoms with Gasteiger partial charge in [-0.05, 0) is 12.1 Å². The number of ether oxygens (including phenoxy) is 1. The number of methoxy groups -OCH3 is 1. The van der Waals surface area contributed by atoms with Crippen molar-refractivity contribution in [1.82, 2.24) is 0 Å². The molecule has 1 aromatic carbocycles. The van der Waals surface area contributed by atoms with Gasteiger partial charge in [0.25, 0.3) is 0 Å². The first-order chi connectivity index (χ1) is 5.81. The monoisotopic (exact) mass is 164 g/mol. The van der Waals surface area contributed by atoms with Gasteiger partial charge in [0.1, 0.15) is 5.75 Å². The number of rotatable bonds is 1. The van der Waals surface area contributed by atoms with Crippen LogP contribution in [0.25, 0.3) is 0 Å². The van der Waals surface area contributed by atoms with Crippen LogP contribution in [0.5, 0.6) is 5.75 Å². The van der Waals surface area contributed by atoms with Crippen molar-refractivity contribution in [3.8, 4) is 5.75 Å². The Balaban J connectivity index is 2.44. The zero-order valence-corrected chi connectivity index (χ0v) is 7.00. The van der Waals surface area contributed by atoms with Crippen LogP contribution >= 0.6 is 0 Å². The molecule has 0 bridgehead atoms. The zero-order valence-electron chi connectivity index (χ0n) is 7.00. The Labute approximate surface area is 71.5 Å². The first kappa shape index (κ1) is 7.43. The minimum atomic E-state index is 0.0382. The van der Waals surface area contributed by atoms with Crippen LogP contribution in [0.3, 0.4) is 0 Å². The molecule has 0 aromatic heterocycles. The second-order valence-electron chi connectivity index (χ2n) is 2.94. The molecule has 1 aliphatic heterocycles. The molecule has 3 nitrogen and oxygen atoms in total. The third-order valence-electron chi connectivity index (χ3n) is 2.12. The first-order valence-corrected chi connectivity index (χ1v) is 3.99. The largest absolute Gasteiger partial charge is 0.496 e. The number of nitrogens with two attached hydrogens (primary N) is 1. The summed E-state index contributed by atoms with van der Waals surface area (Å²) in [6.07, 6.45) is 0.885. The van der Waals surface area contributed by atoms with Gasteiger partial charge in [-0.25, -0.2) is 0 Å². The standard InChI is InChI=1S/C9H12N2O/c1-12-8-4-2-3-7-6(8)5-9(10)11-7/h2-4,9,11H,5,10H2,1H3. The van der Waals surface area contributed by atoms with Crippen molar-refractivity contribution in [2.24, 2.45) is 5.73 Å². The lowest BCUT2D eigenvalue weighted by Crippen LogP contribution is -2.25. The van der Waals surface area contributed by atoms with Crippen molar-refractivity contribution >= 4 is 5.69 Å². The highest BCUT2D eigenvalue weighted by molar-refractivity contribution is 5.61. The van der Waals surface area contributed by atoms with Gasteiger partial charge in [0, 0.05) is 17.7 Å². The topological polar surface area (TPSA) is 47.3 Å². The van der Waals surface area contributed by atoms with Gasteiger partial charge < -0.3 is 15.8 Å². The van der Waals surface area contributed by atoms with E-state index in [0.29, 0.717) is 0 Å². The van der Waals surface area contributed by atoms with Gasteiger partial charge in [-0.1, -0.05) is 6.07 Å². The van der Waals surface area contributed by atoms with Crippen molar-refractivity contribution in [1.29, 1.82) is 0 Å². The maximum atomic E-state index is 5.74. The Morgan fingerprint density at radius 2 is 2.42 bits per heavy atom. The summed E-state index contributed by atoms with van der Waals surface area (Å²) < 4.78 is 5.21. The predicted octanol–water partition coefficient (Wildman–Crippen LogP) is 0.948. The molecule has 0 saturated carbocycles. The maximum Gasteiger partial charge on any atom is 0.124 e. The Hall–Kier alpha value is -1.22. The molecule has 0 fully saturated rings. The molecule has 0 aliphatic carbocycles. The fraction of sp³-hybridized carbons (Fsp3) is 0.333. The molecule has 64 valence electrons. The second kappa shape index (κ2) is 2.68. The van der Waals surface area contributed by atoms with Crippen LogP contribution in [0, 0.1) is 0 Å².